The summed E-state index contributed by atoms with van der Waals surface area (Å²) in [7, 11) is 0. The fraction of sp³-hybridized carbons (Fsp3) is 0.556. The summed E-state index contributed by atoms with van der Waals surface area (Å²) in [5.74, 6) is 0.669. The number of hydrogen-bond acceptors (Lipinski definition) is 5. The van der Waals surface area contributed by atoms with Crippen molar-refractivity contribution in [3.05, 3.63) is 29.8 Å². The van der Waals surface area contributed by atoms with Gasteiger partial charge in [-0.15, -0.1) is 23.4 Å². The van der Waals surface area contributed by atoms with Crippen LogP contribution in [-0.4, -0.2) is 41.3 Å². The Bertz CT molecular complexity index is 640. The Morgan fingerprint density at radius 2 is 2.00 bits per heavy atom. The van der Waals surface area contributed by atoms with E-state index in [0.29, 0.717) is 17.6 Å². The topological polar surface area (TPSA) is 53.5 Å². The van der Waals surface area contributed by atoms with Gasteiger partial charge in [-0.25, -0.2) is 0 Å². The lowest BCUT2D eigenvalue weighted by molar-refractivity contribution is -0.120. The Morgan fingerprint density at radius 1 is 1.25 bits per heavy atom. The molecular formula is C18H22ClN3OS. The van der Waals surface area contributed by atoms with Crippen LogP contribution in [-0.2, 0) is 11.2 Å². The molecule has 2 atom stereocenters. The van der Waals surface area contributed by atoms with Gasteiger partial charge in [0, 0.05) is 35.6 Å². The van der Waals surface area contributed by atoms with Crippen LogP contribution in [0, 0.1) is 5.92 Å². The molecule has 4 nitrogen and oxygen atoms in total. The maximum atomic E-state index is 12.4. The van der Waals surface area contributed by atoms with Crippen LogP contribution in [0.2, 0.25) is 0 Å². The highest BCUT2D eigenvalue weighted by molar-refractivity contribution is 8.00. The predicted octanol–water partition coefficient (Wildman–Crippen LogP) is 2.60. The SMILES string of the molecule is O=C(CCc1ccc(SC2CNC2)cc1)C1NN=C(C2CC2)C1Cl. The fourth-order valence-corrected chi connectivity index (χ4v) is 4.57. The van der Waals surface area contributed by atoms with Gasteiger partial charge in [-0.3, -0.25) is 10.2 Å². The first-order valence-electron chi connectivity index (χ1n) is 8.67. The molecule has 0 amide bonds. The van der Waals surface area contributed by atoms with Crippen molar-refractivity contribution in [3.8, 4) is 0 Å². The zero-order chi connectivity index (χ0) is 16.5. The molecule has 0 aromatic heterocycles. The molecule has 1 saturated heterocycles. The number of benzene rings is 1. The van der Waals surface area contributed by atoms with Gasteiger partial charge in [0.25, 0.3) is 0 Å². The van der Waals surface area contributed by atoms with Crippen molar-refractivity contribution in [3.63, 3.8) is 0 Å². The molecular weight excluding hydrogens is 342 g/mol. The highest BCUT2D eigenvalue weighted by Crippen LogP contribution is 2.35. The number of rotatable bonds is 7. The van der Waals surface area contributed by atoms with E-state index in [1.807, 2.05) is 11.8 Å². The van der Waals surface area contributed by atoms with Crippen molar-refractivity contribution in [1.29, 1.82) is 0 Å². The first-order chi connectivity index (χ1) is 11.7. The fourth-order valence-electron chi connectivity index (χ4n) is 3.07. The number of ketones is 1. The highest BCUT2D eigenvalue weighted by atomic mass is 35.5. The second kappa shape index (κ2) is 7.06. The van der Waals surface area contributed by atoms with Crippen LogP contribution in [0.1, 0.15) is 24.8 Å². The molecule has 128 valence electrons. The number of Topliss-reactive ketones (excluding diaryl/α,β-unsaturated/α-hetero) is 1. The number of alkyl halides is 1. The van der Waals surface area contributed by atoms with Crippen LogP contribution in [0.4, 0.5) is 0 Å². The summed E-state index contributed by atoms with van der Waals surface area (Å²) in [5, 5.41) is 8.02. The van der Waals surface area contributed by atoms with E-state index in [4.69, 9.17) is 11.6 Å². The van der Waals surface area contributed by atoms with Crippen molar-refractivity contribution < 1.29 is 4.79 Å². The maximum absolute atomic E-state index is 12.4. The van der Waals surface area contributed by atoms with Gasteiger partial charge in [0.1, 0.15) is 11.4 Å². The summed E-state index contributed by atoms with van der Waals surface area (Å²) in [5.41, 5.74) is 5.14. The molecule has 3 aliphatic rings. The smallest absolute Gasteiger partial charge is 0.158 e. The first-order valence-corrected chi connectivity index (χ1v) is 9.98. The number of halogens is 1. The molecule has 2 fully saturated rings. The van der Waals surface area contributed by atoms with E-state index < -0.39 is 0 Å². The maximum Gasteiger partial charge on any atom is 0.158 e. The van der Waals surface area contributed by atoms with Crippen LogP contribution in [0.25, 0.3) is 0 Å². The Labute approximate surface area is 151 Å². The molecule has 0 radical (unpaired) electrons. The Hall–Kier alpha value is -1.04. The summed E-state index contributed by atoms with van der Waals surface area (Å²) >= 11 is 8.34. The normalized spacial score (nSPS) is 26.6. The third-order valence-corrected chi connectivity index (χ3v) is 6.57. The van der Waals surface area contributed by atoms with Crippen LogP contribution in [0.3, 0.4) is 0 Å². The Balaban J connectivity index is 1.26. The lowest BCUT2D eigenvalue weighted by Crippen LogP contribution is -2.44. The lowest BCUT2D eigenvalue weighted by atomic mass is 9.99. The van der Waals surface area contributed by atoms with Crippen LogP contribution in [0.15, 0.2) is 34.3 Å². The quantitative estimate of drug-likeness (QED) is 0.731. The van der Waals surface area contributed by atoms with Crippen molar-refractivity contribution >= 4 is 34.9 Å². The standard InChI is InChI=1S/C18H22ClN3OS/c19-16-17(12-4-5-12)21-22-18(16)15(23)8-3-11-1-6-13(7-2-11)24-14-9-20-10-14/h1-2,6-7,12,14,16,18,20,22H,3-5,8-10H2. The molecule has 2 unspecified atom stereocenters. The third-order valence-electron chi connectivity index (χ3n) is 4.88. The number of carbonyl (C=O) groups excluding carboxylic acids is 1. The molecule has 2 heterocycles. The lowest BCUT2D eigenvalue weighted by Gasteiger charge is -2.26. The molecule has 1 aromatic carbocycles. The zero-order valence-corrected chi connectivity index (χ0v) is 15.1. The second-order valence-electron chi connectivity index (χ2n) is 6.83. The van der Waals surface area contributed by atoms with Gasteiger partial charge in [0.15, 0.2) is 5.78 Å². The van der Waals surface area contributed by atoms with Crippen LogP contribution >= 0.6 is 23.4 Å². The number of nitrogens with one attached hydrogen (secondary N) is 2. The number of aryl methyl sites for hydroxylation is 1. The molecule has 1 aliphatic carbocycles. The van der Waals surface area contributed by atoms with Gasteiger partial charge in [0.2, 0.25) is 0 Å². The van der Waals surface area contributed by atoms with E-state index in [2.05, 4.69) is 40.1 Å². The van der Waals surface area contributed by atoms with Crippen molar-refractivity contribution in [2.24, 2.45) is 11.0 Å². The van der Waals surface area contributed by atoms with E-state index in [-0.39, 0.29) is 17.2 Å². The molecule has 2 N–H and O–H groups in total. The van der Waals surface area contributed by atoms with E-state index in [0.717, 1.165) is 38.1 Å². The van der Waals surface area contributed by atoms with Gasteiger partial charge in [-0.1, -0.05) is 12.1 Å². The molecule has 24 heavy (non-hydrogen) atoms. The molecule has 1 aromatic rings. The highest BCUT2D eigenvalue weighted by Gasteiger charge is 2.41. The van der Waals surface area contributed by atoms with Crippen molar-refractivity contribution in [2.45, 2.75) is 47.2 Å². The number of thioether (sulfide) groups is 1. The van der Waals surface area contributed by atoms with Gasteiger partial charge >= 0.3 is 0 Å². The molecule has 0 bridgehead atoms. The number of hydrogen-bond donors (Lipinski definition) is 2. The first kappa shape index (κ1) is 16.4. The van der Waals surface area contributed by atoms with Gasteiger partial charge < -0.3 is 5.32 Å². The Morgan fingerprint density at radius 3 is 2.62 bits per heavy atom. The van der Waals surface area contributed by atoms with Gasteiger partial charge in [-0.05, 0) is 37.0 Å². The van der Waals surface area contributed by atoms with Crippen LogP contribution in [0.5, 0.6) is 0 Å². The van der Waals surface area contributed by atoms with Gasteiger partial charge in [-0.2, -0.15) is 5.10 Å². The summed E-state index contributed by atoms with van der Waals surface area (Å²) < 4.78 is 0. The van der Waals surface area contributed by atoms with E-state index in [1.165, 1.54) is 10.5 Å². The summed E-state index contributed by atoms with van der Waals surface area (Å²) in [6.45, 7) is 2.19. The minimum Gasteiger partial charge on any atom is -0.314 e. The summed E-state index contributed by atoms with van der Waals surface area (Å²) in [6, 6.07) is 8.25. The largest absolute Gasteiger partial charge is 0.314 e. The van der Waals surface area contributed by atoms with Crippen molar-refractivity contribution in [2.75, 3.05) is 13.1 Å². The molecule has 4 rings (SSSR count). The average Bonchev–Trinajstić information content (AvgIpc) is 3.32. The number of nitrogens with zero attached hydrogens (tertiary/aromatic N) is 1. The molecule has 2 aliphatic heterocycles. The monoisotopic (exact) mass is 363 g/mol. The summed E-state index contributed by atoms with van der Waals surface area (Å²) in [6.07, 6.45) is 3.58. The van der Waals surface area contributed by atoms with Crippen LogP contribution < -0.4 is 10.7 Å². The minimum atomic E-state index is -0.344. The zero-order valence-electron chi connectivity index (χ0n) is 13.5. The predicted molar refractivity (Wildman–Crippen MR) is 99.0 cm³/mol. The minimum absolute atomic E-state index is 0.161. The molecule has 1 saturated carbocycles. The molecule has 6 heteroatoms. The van der Waals surface area contributed by atoms with Crippen molar-refractivity contribution in [1.82, 2.24) is 10.7 Å². The van der Waals surface area contributed by atoms with E-state index in [1.54, 1.807) is 0 Å². The Kier molecular flexibility index (Phi) is 4.83. The third kappa shape index (κ3) is 3.63. The van der Waals surface area contributed by atoms with E-state index >= 15 is 0 Å². The number of hydrazone groups is 1. The average molecular weight is 364 g/mol. The van der Waals surface area contributed by atoms with Gasteiger partial charge in [0.05, 0.1) is 5.71 Å². The number of carbonyl (C=O) groups is 1. The second-order valence-corrected chi connectivity index (χ2v) is 8.67. The molecule has 0 spiro atoms. The summed E-state index contributed by atoms with van der Waals surface area (Å²) in [4.78, 5) is 13.7. The van der Waals surface area contributed by atoms with E-state index in [9.17, 15) is 4.79 Å².